The molecule has 1 fully saturated rings. The third-order valence-electron chi connectivity index (χ3n) is 2.42. The minimum absolute atomic E-state index is 0.163. The van der Waals surface area contributed by atoms with E-state index in [0.717, 1.165) is 25.6 Å². The second kappa shape index (κ2) is 4.68. The molecule has 1 unspecified atom stereocenters. The molecule has 1 aliphatic heterocycles. The van der Waals surface area contributed by atoms with Gasteiger partial charge in [0.05, 0.1) is 12.7 Å². The molecule has 1 atom stereocenters. The Hall–Kier alpha value is -1.00. The molecule has 0 amide bonds. The van der Waals surface area contributed by atoms with Gasteiger partial charge in [0.25, 0.3) is 0 Å². The van der Waals surface area contributed by atoms with Gasteiger partial charge in [0.2, 0.25) is 0 Å². The average Bonchev–Trinajstić information content (AvgIpc) is 2.65. The van der Waals surface area contributed by atoms with Crippen LogP contribution in [0, 0.1) is 11.6 Å². The van der Waals surface area contributed by atoms with Crippen molar-refractivity contribution in [1.29, 1.82) is 0 Å². The van der Waals surface area contributed by atoms with E-state index in [9.17, 15) is 8.78 Å². The van der Waals surface area contributed by atoms with E-state index < -0.39 is 11.6 Å². The van der Waals surface area contributed by atoms with Gasteiger partial charge in [-0.3, -0.25) is 0 Å². The van der Waals surface area contributed by atoms with Crippen LogP contribution in [0.2, 0.25) is 0 Å². The summed E-state index contributed by atoms with van der Waals surface area (Å²) in [5, 5.41) is 3.16. The monoisotopic (exact) mass is 213 g/mol. The van der Waals surface area contributed by atoms with Gasteiger partial charge in [-0.05, 0) is 30.7 Å². The van der Waals surface area contributed by atoms with Crippen molar-refractivity contribution in [3.63, 3.8) is 0 Å². The summed E-state index contributed by atoms with van der Waals surface area (Å²) in [6, 6.07) is 3.46. The lowest BCUT2D eigenvalue weighted by Crippen LogP contribution is -2.16. The maximum atomic E-state index is 12.8. The van der Waals surface area contributed by atoms with Crippen LogP contribution in [-0.2, 0) is 11.3 Å². The van der Waals surface area contributed by atoms with E-state index in [1.54, 1.807) is 0 Å². The van der Waals surface area contributed by atoms with Gasteiger partial charge in [-0.25, -0.2) is 8.78 Å². The van der Waals surface area contributed by atoms with E-state index in [4.69, 9.17) is 4.74 Å². The maximum Gasteiger partial charge on any atom is 0.126 e. The minimum atomic E-state index is -0.557. The number of rotatable bonds is 3. The fraction of sp³-hybridized carbons (Fsp3) is 0.455. The molecule has 82 valence electrons. The van der Waals surface area contributed by atoms with E-state index in [-0.39, 0.29) is 12.7 Å². The number of benzene rings is 1. The molecule has 4 heteroatoms. The quantitative estimate of drug-likeness (QED) is 0.827. The van der Waals surface area contributed by atoms with Gasteiger partial charge in [0, 0.05) is 12.6 Å². The zero-order chi connectivity index (χ0) is 10.7. The number of hydrogen-bond acceptors (Lipinski definition) is 2. The molecule has 0 aromatic heterocycles. The average molecular weight is 213 g/mol. The molecule has 1 heterocycles. The Bertz CT molecular complexity index is 317. The molecule has 1 aromatic carbocycles. The van der Waals surface area contributed by atoms with Crippen LogP contribution in [0.1, 0.15) is 12.0 Å². The van der Waals surface area contributed by atoms with Crippen LogP contribution >= 0.6 is 0 Å². The predicted molar refractivity (Wildman–Crippen MR) is 52.4 cm³/mol. The standard InChI is InChI=1S/C11H13F2NO/c12-9-3-8(4-10(13)5-9)7-15-11-1-2-14-6-11/h3-5,11,14H,1-2,6-7H2. The summed E-state index contributed by atoms with van der Waals surface area (Å²) in [6.07, 6.45) is 1.12. The fourth-order valence-corrected chi connectivity index (χ4v) is 1.68. The molecular weight excluding hydrogens is 200 g/mol. The lowest BCUT2D eigenvalue weighted by molar-refractivity contribution is 0.0539. The largest absolute Gasteiger partial charge is 0.372 e. The second-order valence-electron chi connectivity index (χ2n) is 3.70. The smallest absolute Gasteiger partial charge is 0.126 e. The lowest BCUT2D eigenvalue weighted by Gasteiger charge is -2.10. The Morgan fingerprint density at radius 1 is 1.27 bits per heavy atom. The van der Waals surface area contributed by atoms with E-state index in [2.05, 4.69) is 5.32 Å². The molecule has 2 nitrogen and oxygen atoms in total. The Balaban J connectivity index is 1.92. The normalized spacial score (nSPS) is 20.8. The third-order valence-corrected chi connectivity index (χ3v) is 2.42. The predicted octanol–water partition coefficient (Wildman–Crippen LogP) is 1.84. The Morgan fingerprint density at radius 2 is 2.00 bits per heavy atom. The molecular formula is C11H13F2NO. The summed E-state index contributed by atoms with van der Waals surface area (Å²) in [7, 11) is 0. The molecule has 0 radical (unpaired) electrons. The van der Waals surface area contributed by atoms with Crippen molar-refractivity contribution in [2.24, 2.45) is 0 Å². The molecule has 0 saturated carbocycles. The molecule has 1 aromatic rings. The molecule has 1 saturated heterocycles. The van der Waals surface area contributed by atoms with Gasteiger partial charge in [0.1, 0.15) is 11.6 Å². The topological polar surface area (TPSA) is 21.3 Å². The van der Waals surface area contributed by atoms with Crippen LogP contribution in [0.4, 0.5) is 8.78 Å². The fourth-order valence-electron chi connectivity index (χ4n) is 1.68. The van der Waals surface area contributed by atoms with Crippen LogP contribution in [0.3, 0.4) is 0 Å². The van der Waals surface area contributed by atoms with Gasteiger partial charge < -0.3 is 10.1 Å². The minimum Gasteiger partial charge on any atom is -0.372 e. The molecule has 2 rings (SSSR count). The van der Waals surface area contributed by atoms with Crippen molar-refractivity contribution in [3.05, 3.63) is 35.4 Å². The first-order chi connectivity index (χ1) is 7.24. The number of halogens is 2. The summed E-state index contributed by atoms with van der Waals surface area (Å²) < 4.78 is 31.1. The summed E-state index contributed by atoms with van der Waals surface area (Å²) >= 11 is 0. The van der Waals surface area contributed by atoms with Crippen LogP contribution in [-0.4, -0.2) is 19.2 Å². The SMILES string of the molecule is Fc1cc(F)cc(COC2CCNC2)c1. The van der Waals surface area contributed by atoms with Crippen molar-refractivity contribution in [1.82, 2.24) is 5.32 Å². The van der Waals surface area contributed by atoms with Crippen molar-refractivity contribution < 1.29 is 13.5 Å². The Kier molecular flexibility index (Phi) is 3.28. The Morgan fingerprint density at radius 3 is 2.60 bits per heavy atom. The van der Waals surface area contributed by atoms with Crippen molar-refractivity contribution in [3.8, 4) is 0 Å². The Labute approximate surface area is 87.2 Å². The summed E-state index contributed by atoms with van der Waals surface area (Å²) in [6.45, 7) is 2.03. The summed E-state index contributed by atoms with van der Waals surface area (Å²) in [4.78, 5) is 0. The zero-order valence-electron chi connectivity index (χ0n) is 8.30. The molecule has 15 heavy (non-hydrogen) atoms. The van der Waals surface area contributed by atoms with E-state index in [0.29, 0.717) is 5.56 Å². The first-order valence-corrected chi connectivity index (χ1v) is 5.01. The van der Waals surface area contributed by atoms with E-state index in [1.165, 1.54) is 12.1 Å². The molecule has 1 aliphatic rings. The van der Waals surface area contributed by atoms with Gasteiger partial charge in [-0.2, -0.15) is 0 Å². The highest BCUT2D eigenvalue weighted by Crippen LogP contribution is 2.11. The number of nitrogens with one attached hydrogen (secondary N) is 1. The van der Waals surface area contributed by atoms with E-state index >= 15 is 0 Å². The highest BCUT2D eigenvalue weighted by Gasteiger charge is 2.14. The molecule has 1 N–H and O–H groups in total. The van der Waals surface area contributed by atoms with E-state index in [1.807, 2.05) is 0 Å². The van der Waals surface area contributed by atoms with Crippen molar-refractivity contribution in [2.75, 3.05) is 13.1 Å². The first-order valence-electron chi connectivity index (χ1n) is 5.01. The lowest BCUT2D eigenvalue weighted by atomic mass is 10.2. The molecule has 0 bridgehead atoms. The van der Waals surface area contributed by atoms with Crippen molar-refractivity contribution in [2.45, 2.75) is 19.1 Å². The van der Waals surface area contributed by atoms with Crippen LogP contribution in [0.5, 0.6) is 0 Å². The number of hydrogen-bond donors (Lipinski definition) is 1. The molecule has 0 spiro atoms. The summed E-state index contributed by atoms with van der Waals surface area (Å²) in [5.74, 6) is -1.11. The molecule has 0 aliphatic carbocycles. The van der Waals surface area contributed by atoms with Gasteiger partial charge in [-0.15, -0.1) is 0 Å². The summed E-state index contributed by atoms with van der Waals surface area (Å²) in [5.41, 5.74) is 0.541. The highest BCUT2D eigenvalue weighted by atomic mass is 19.1. The van der Waals surface area contributed by atoms with Crippen LogP contribution < -0.4 is 5.32 Å². The van der Waals surface area contributed by atoms with Crippen molar-refractivity contribution >= 4 is 0 Å². The maximum absolute atomic E-state index is 12.8. The van der Waals surface area contributed by atoms with Gasteiger partial charge >= 0.3 is 0 Å². The van der Waals surface area contributed by atoms with Crippen LogP contribution in [0.15, 0.2) is 18.2 Å². The van der Waals surface area contributed by atoms with Crippen LogP contribution in [0.25, 0.3) is 0 Å². The first kappa shape index (κ1) is 10.5. The zero-order valence-corrected chi connectivity index (χ0v) is 8.30. The highest BCUT2D eigenvalue weighted by molar-refractivity contribution is 5.17. The third kappa shape index (κ3) is 2.97. The second-order valence-corrected chi connectivity index (χ2v) is 3.70. The number of ether oxygens (including phenoxy) is 1. The van der Waals surface area contributed by atoms with Gasteiger partial charge in [-0.1, -0.05) is 0 Å². The van der Waals surface area contributed by atoms with Gasteiger partial charge in [0.15, 0.2) is 0 Å².